The number of carbonyl (C=O) groups excluding carboxylic acids is 1. The van der Waals surface area contributed by atoms with Crippen molar-refractivity contribution in [3.8, 4) is 0 Å². The molecule has 118 valence electrons. The second-order valence-corrected chi connectivity index (χ2v) is 6.85. The zero-order valence-corrected chi connectivity index (χ0v) is 14.0. The molecule has 0 aromatic heterocycles. The van der Waals surface area contributed by atoms with Gasteiger partial charge in [-0.15, -0.1) is 0 Å². The molecular formula is C18H34O2. The van der Waals surface area contributed by atoms with E-state index in [0.29, 0.717) is 17.6 Å². The van der Waals surface area contributed by atoms with Crippen LogP contribution in [0, 0.1) is 17.3 Å². The molecule has 0 amide bonds. The minimum atomic E-state index is -0.139. The molecule has 1 saturated carbocycles. The Kier molecular flexibility index (Phi) is 7.79. The van der Waals surface area contributed by atoms with Gasteiger partial charge in [-0.05, 0) is 31.1 Å². The van der Waals surface area contributed by atoms with Gasteiger partial charge >= 0.3 is 0 Å². The first-order chi connectivity index (χ1) is 9.57. The Morgan fingerprint density at radius 3 is 2.45 bits per heavy atom. The van der Waals surface area contributed by atoms with Crippen LogP contribution in [0.3, 0.4) is 0 Å². The molecule has 0 bridgehead atoms. The second-order valence-electron chi connectivity index (χ2n) is 6.85. The van der Waals surface area contributed by atoms with Gasteiger partial charge < -0.3 is 4.74 Å². The van der Waals surface area contributed by atoms with E-state index < -0.39 is 0 Å². The summed E-state index contributed by atoms with van der Waals surface area (Å²) in [6.07, 6.45) is 10.6. The Labute approximate surface area is 125 Å². The van der Waals surface area contributed by atoms with Crippen LogP contribution < -0.4 is 0 Å². The third kappa shape index (κ3) is 4.31. The lowest BCUT2D eigenvalue weighted by atomic mass is 9.70. The van der Waals surface area contributed by atoms with E-state index in [-0.39, 0.29) is 5.41 Å². The Bertz CT molecular complexity index is 285. The standard InChI is InChI=1S/C18H34O2/c1-5-6-7-8-9-10-11-17(19)18(3)15(2)12-13-16(18)14-20-4/h15-16H,5-14H2,1-4H3. The summed E-state index contributed by atoms with van der Waals surface area (Å²) in [7, 11) is 1.75. The fraction of sp³-hybridized carbons (Fsp3) is 0.944. The fourth-order valence-electron chi connectivity index (χ4n) is 3.75. The van der Waals surface area contributed by atoms with E-state index in [4.69, 9.17) is 4.74 Å². The van der Waals surface area contributed by atoms with Crippen molar-refractivity contribution < 1.29 is 9.53 Å². The first-order valence-corrected chi connectivity index (χ1v) is 8.59. The molecule has 0 radical (unpaired) electrons. The van der Waals surface area contributed by atoms with Crippen molar-refractivity contribution in [3.63, 3.8) is 0 Å². The second kappa shape index (κ2) is 8.81. The van der Waals surface area contributed by atoms with Crippen LogP contribution in [0.4, 0.5) is 0 Å². The van der Waals surface area contributed by atoms with E-state index in [9.17, 15) is 4.79 Å². The van der Waals surface area contributed by atoms with Gasteiger partial charge in [-0.2, -0.15) is 0 Å². The molecule has 2 nitrogen and oxygen atoms in total. The Morgan fingerprint density at radius 2 is 1.80 bits per heavy atom. The first kappa shape index (κ1) is 17.7. The van der Waals surface area contributed by atoms with Crippen LogP contribution in [-0.2, 0) is 9.53 Å². The normalized spacial score (nSPS) is 29.8. The largest absolute Gasteiger partial charge is 0.384 e. The molecular weight excluding hydrogens is 248 g/mol. The molecule has 0 heterocycles. The van der Waals surface area contributed by atoms with Crippen molar-refractivity contribution in [1.29, 1.82) is 0 Å². The SMILES string of the molecule is CCCCCCCCC(=O)C1(C)C(C)CCC1COC. The molecule has 0 saturated heterocycles. The van der Waals surface area contributed by atoms with Crippen molar-refractivity contribution in [2.45, 2.75) is 78.6 Å². The van der Waals surface area contributed by atoms with E-state index in [1.165, 1.54) is 38.5 Å². The van der Waals surface area contributed by atoms with E-state index in [2.05, 4.69) is 20.8 Å². The highest BCUT2D eigenvalue weighted by molar-refractivity contribution is 5.85. The number of unbranched alkanes of at least 4 members (excludes halogenated alkanes) is 5. The van der Waals surface area contributed by atoms with Crippen molar-refractivity contribution in [2.75, 3.05) is 13.7 Å². The van der Waals surface area contributed by atoms with Crippen molar-refractivity contribution in [2.24, 2.45) is 17.3 Å². The van der Waals surface area contributed by atoms with Gasteiger partial charge in [0.1, 0.15) is 5.78 Å². The van der Waals surface area contributed by atoms with E-state index in [1.54, 1.807) is 7.11 Å². The molecule has 20 heavy (non-hydrogen) atoms. The number of ketones is 1. The summed E-state index contributed by atoms with van der Waals surface area (Å²) in [4.78, 5) is 12.7. The first-order valence-electron chi connectivity index (χ1n) is 8.59. The van der Waals surface area contributed by atoms with Crippen LogP contribution in [0.2, 0.25) is 0 Å². The van der Waals surface area contributed by atoms with Crippen LogP contribution >= 0.6 is 0 Å². The van der Waals surface area contributed by atoms with Gasteiger partial charge in [0.05, 0.1) is 0 Å². The fourth-order valence-corrected chi connectivity index (χ4v) is 3.75. The molecule has 2 heteroatoms. The van der Waals surface area contributed by atoms with Gasteiger partial charge in [0, 0.05) is 25.6 Å². The summed E-state index contributed by atoms with van der Waals surface area (Å²) in [5, 5.41) is 0. The zero-order valence-electron chi connectivity index (χ0n) is 14.0. The highest BCUT2D eigenvalue weighted by Crippen LogP contribution is 2.49. The minimum absolute atomic E-state index is 0.139. The smallest absolute Gasteiger partial charge is 0.139 e. The predicted molar refractivity (Wildman–Crippen MR) is 84.9 cm³/mol. The van der Waals surface area contributed by atoms with Gasteiger partial charge in [-0.1, -0.05) is 52.9 Å². The molecule has 0 aromatic carbocycles. The highest BCUT2D eigenvalue weighted by atomic mass is 16.5. The summed E-state index contributed by atoms with van der Waals surface area (Å²) in [5.74, 6) is 1.42. The van der Waals surface area contributed by atoms with Crippen LogP contribution in [0.5, 0.6) is 0 Å². The lowest BCUT2D eigenvalue weighted by Gasteiger charge is -2.34. The van der Waals surface area contributed by atoms with Crippen molar-refractivity contribution in [3.05, 3.63) is 0 Å². The Morgan fingerprint density at radius 1 is 1.15 bits per heavy atom. The molecule has 3 unspecified atom stereocenters. The Hall–Kier alpha value is -0.370. The summed E-state index contributed by atoms with van der Waals surface area (Å²) in [6.45, 7) is 7.41. The molecule has 1 aliphatic rings. The number of Topliss-reactive ketones (excluding diaryl/α,β-unsaturated/α-hetero) is 1. The number of hydrogen-bond acceptors (Lipinski definition) is 2. The van der Waals surface area contributed by atoms with E-state index in [1.807, 2.05) is 0 Å². The Balaban J connectivity index is 2.39. The van der Waals surface area contributed by atoms with Gasteiger partial charge in [0.2, 0.25) is 0 Å². The van der Waals surface area contributed by atoms with Gasteiger partial charge in [0.25, 0.3) is 0 Å². The molecule has 0 N–H and O–H groups in total. The maximum atomic E-state index is 12.7. The maximum absolute atomic E-state index is 12.7. The summed E-state index contributed by atoms with van der Waals surface area (Å²) < 4.78 is 5.34. The number of rotatable bonds is 10. The lowest BCUT2D eigenvalue weighted by Crippen LogP contribution is -2.38. The maximum Gasteiger partial charge on any atom is 0.139 e. The zero-order chi connectivity index (χ0) is 15.0. The average molecular weight is 282 g/mol. The average Bonchev–Trinajstić information content (AvgIpc) is 2.72. The van der Waals surface area contributed by atoms with Crippen LogP contribution in [0.1, 0.15) is 78.6 Å². The quantitative estimate of drug-likeness (QED) is 0.527. The topological polar surface area (TPSA) is 26.3 Å². The number of methoxy groups -OCH3 is 1. The van der Waals surface area contributed by atoms with Crippen molar-refractivity contribution >= 4 is 5.78 Å². The summed E-state index contributed by atoms with van der Waals surface area (Å²) in [6, 6.07) is 0. The molecule has 3 atom stereocenters. The van der Waals surface area contributed by atoms with E-state index in [0.717, 1.165) is 25.9 Å². The predicted octanol–water partition coefficient (Wildman–Crippen LogP) is 5.00. The van der Waals surface area contributed by atoms with E-state index >= 15 is 0 Å². The van der Waals surface area contributed by atoms with Crippen LogP contribution in [-0.4, -0.2) is 19.5 Å². The molecule has 1 fully saturated rings. The third-order valence-corrected chi connectivity index (χ3v) is 5.55. The minimum Gasteiger partial charge on any atom is -0.384 e. The van der Waals surface area contributed by atoms with Crippen LogP contribution in [0.25, 0.3) is 0 Å². The number of hydrogen-bond donors (Lipinski definition) is 0. The van der Waals surface area contributed by atoms with Gasteiger partial charge in [0.15, 0.2) is 0 Å². The summed E-state index contributed by atoms with van der Waals surface area (Å²) >= 11 is 0. The number of ether oxygens (including phenoxy) is 1. The van der Waals surface area contributed by atoms with Gasteiger partial charge in [-0.3, -0.25) is 4.79 Å². The lowest BCUT2D eigenvalue weighted by molar-refractivity contribution is -0.133. The molecule has 0 spiro atoms. The summed E-state index contributed by atoms with van der Waals surface area (Å²) in [5.41, 5.74) is -0.139. The van der Waals surface area contributed by atoms with Gasteiger partial charge in [-0.25, -0.2) is 0 Å². The van der Waals surface area contributed by atoms with Crippen molar-refractivity contribution in [1.82, 2.24) is 0 Å². The highest BCUT2D eigenvalue weighted by Gasteiger charge is 2.48. The molecule has 1 rings (SSSR count). The number of carbonyl (C=O) groups is 1. The molecule has 0 aliphatic heterocycles. The third-order valence-electron chi connectivity index (χ3n) is 5.55. The molecule has 1 aliphatic carbocycles. The molecule has 0 aromatic rings. The monoisotopic (exact) mass is 282 g/mol. The van der Waals surface area contributed by atoms with Crippen LogP contribution in [0.15, 0.2) is 0 Å².